The first-order chi connectivity index (χ1) is 29.3. The second-order valence-electron chi connectivity index (χ2n) is 15.5. The maximum Gasteiger partial charge on any atom is 0.416 e. The van der Waals surface area contributed by atoms with Crippen molar-refractivity contribution in [1.82, 2.24) is 14.1 Å². The molecule has 60 heavy (non-hydrogen) atoms. The van der Waals surface area contributed by atoms with E-state index < -0.39 is 11.7 Å². The third-order valence-electron chi connectivity index (χ3n) is 12.4. The van der Waals surface area contributed by atoms with Crippen LogP contribution in [-0.4, -0.2) is 14.1 Å². The standard InChI is InChI=1S/C52H28F3N5/c53-52(54,55)33-18-19-34(32(24-33)27-56)31-25-46(59-42-15-7-4-12-37(42)50-44(59)21-17-30-23-29-9-1-2-10-35(29)48(30)50)39(28-57)47(26-31)60-43-16-8-5-13-38(43)51-45(60)22-20-41-49(51)36-11-3-6-14-40(36)58-41/h1-22,24-26,58H,23H2. The van der Waals surface area contributed by atoms with Crippen LogP contribution >= 0.6 is 0 Å². The van der Waals surface area contributed by atoms with Gasteiger partial charge in [-0.2, -0.15) is 23.7 Å². The van der Waals surface area contributed by atoms with Gasteiger partial charge in [-0.05, 0) is 100 Å². The summed E-state index contributed by atoms with van der Waals surface area (Å²) in [5, 5.41) is 28.1. The number of nitrogens with zero attached hydrogens (tertiary/aromatic N) is 4. The molecule has 3 heterocycles. The second kappa shape index (κ2) is 12.2. The lowest BCUT2D eigenvalue weighted by atomic mass is 9.95. The lowest BCUT2D eigenvalue weighted by molar-refractivity contribution is -0.137. The molecule has 12 rings (SSSR count). The number of H-pyrrole nitrogens is 1. The Morgan fingerprint density at radius 3 is 1.87 bits per heavy atom. The van der Waals surface area contributed by atoms with Crippen LogP contribution in [0, 0.1) is 22.7 Å². The van der Waals surface area contributed by atoms with Crippen molar-refractivity contribution >= 4 is 65.4 Å². The van der Waals surface area contributed by atoms with Gasteiger partial charge in [0.25, 0.3) is 0 Å². The maximum atomic E-state index is 14.0. The zero-order valence-electron chi connectivity index (χ0n) is 31.6. The zero-order chi connectivity index (χ0) is 40.4. The van der Waals surface area contributed by atoms with Crippen molar-refractivity contribution in [2.24, 2.45) is 0 Å². The Balaban J connectivity index is 1.25. The summed E-state index contributed by atoms with van der Waals surface area (Å²) in [6.07, 6.45) is -3.82. The van der Waals surface area contributed by atoms with Crippen molar-refractivity contribution < 1.29 is 13.2 Å². The zero-order valence-corrected chi connectivity index (χ0v) is 31.6. The molecule has 0 saturated carbocycles. The molecular weight excluding hydrogens is 752 g/mol. The summed E-state index contributed by atoms with van der Waals surface area (Å²) >= 11 is 0. The summed E-state index contributed by atoms with van der Waals surface area (Å²) in [4.78, 5) is 3.57. The largest absolute Gasteiger partial charge is 0.416 e. The molecule has 0 unspecified atom stereocenters. The Morgan fingerprint density at radius 2 is 1.15 bits per heavy atom. The number of aromatic amines is 1. The van der Waals surface area contributed by atoms with Gasteiger partial charge in [0.1, 0.15) is 11.6 Å². The molecule has 0 atom stereocenters. The summed E-state index contributed by atoms with van der Waals surface area (Å²) < 4.78 is 46.3. The van der Waals surface area contributed by atoms with Crippen molar-refractivity contribution in [1.29, 1.82) is 10.5 Å². The predicted octanol–water partition coefficient (Wildman–Crippen LogP) is 13.5. The number of alkyl halides is 3. The van der Waals surface area contributed by atoms with Crippen LogP contribution in [0.5, 0.6) is 0 Å². The molecular formula is C52H28F3N5. The molecule has 0 saturated heterocycles. The first-order valence-electron chi connectivity index (χ1n) is 19.6. The van der Waals surface area contributed by atoms with E-state index in [9.17, 15) is 23.7 Å². The van der Waals surface area contributed by atoms with E-state index in [1.807, 2.05) is 60.7 Å². The van der Waals surface area contributed by atoms with Crippen LogP contribution in [0.2, 0.25) is 0 Å². The van der Waals surface area contributed by atoms with Crippen molar-refractivity contribution in [3.8, 4) is 45.8 Å². The molecule has 282 valence electrons. The summed E-state index contributed by atoms with van der Waals surface area (Å²) in [6, 6.07) is 52.9. The Kier molecular flexibility index (Phi) is 6.93. The fourth-order valence-corrected chi connectivity index (χ4v) is 9.90. The number of fused-ring (bicyclic) bond motifs is 14. The van der Waals surface area contributed by atoms with Crippen LogP contribution in [-0.2, 0) is 12.6 Å². The van der Waals surface area contributed by atoms with Crippen LogP contribution in [0.1, 0.15) is 27.8 Å². The number of para-hydroxylation sites is 3. The molecule has 5 nitrogen and oxygen atoms in total. The van der Waals surface area contributed by atoms with Crippen molar-refractivity contribution in [2.45, 2.75) is 12.6 Å². The molecule has 1 N–H and O–H groups in total. The lowest BCUT2D eigenvalue weighted by Crippen LogP contribution is -2.07. The van der Waals surface area contributed by atoms with Crippen LogP contribution in [0.4, 0.5) is 13.2 Å². The van der Waals surface area contributed by atoms with E-state index in [2.05, 4.69) is 99.1 Å². The molecule has 8 heteroatoms. The molecule has 0 spiro atoms. The van der Waals surface area contributed by atoms with Crippen LogP contribution < -0.4 is 0 Å². The Labute approximate surface area is 340 Å². The minimum absolute atomic E-state index is 0.120. The topological polar surface area (TPSA) is 73.2 Å². The third kappa shape index (κ3) is 4.62. The van der Waals surface area contributed by atoms with Gasteiger partial charge in [-0.25, -0.2) is 0 Å². The molecule has 0 fully saturated rings. The summed E-state index contributed by atoms with van der Waals surface area (Å²) in [6.45, 7) is 0. The first kappa shape index (κ1) is 34.0. The fourth-order valence-electron chi connectivity index (χ4n) is 9.90. The number of hydrogen-bond donors (Lipinski definition) is 1. The van der Waals surface area contributed by atoms with E-state index >= 15 is 0 Å². The van der Waals surface area contributed by atoms with Crippen LogP contribution in [0.15, 0.2) is 152 Å². The van der Waals surface area contributed by atoms with Gasteiger partial charge in [0, 0.05) is 43.4 Å². The van der Waals surface area contributed by atoms with Crippen molar-refractivity contribution in [3.63, 3.8) is 0 Å². The number of nitriles is 2. The van der Waals surface area contributed by atoms with Crippen LogP contribution in [0.3, 0.4) is 0 Å². The second-order valence-corrected chi connectivity index (χ2v) is 15.5. The lowest BCUT2D eigenvalue weighted by Gasteiger charge is -2.19. The minimum atomic E-state index is -4.64. The van der Waals surface area contributed by atoms with Crippen molar-refractivity contribution in [2.75, 3.05) is 0 Å². The molecule has 1 aliphatic rings. The molecule has 0 amide bonds. The van der Waals surface area contributed by atoms with Gasteiger partial charge in [0.2, 0.25) is 0 Å². The van der Waals surface area contributed by atoms with E-state index in [1.165, 1.54) is 22.8 Å². The normalized spacial score (nSPS) is 12.5. The SMILES string of the molecule is N#Cc1cc(C(F)(F)F)ccc1-c1cc(-n2c3ccccc3c3c4c(ccc32)Cc2ccccc2-4)c(C#N)c(-n2c3ccccc3c3c4c(ccc32)[nH]c2ccccc24)c1. The average molecular weight is 780 g/mol. The van der Waals surface area contributed by atoms with Gasteiger partial charge in [-0.1, -0.05) is 91.0 Å². The highest BCUT2D eigenvalue weighted by molar-refractivity contribution is 6.28. The van der Waals surface area contributed by atoms with Crippen LogP contribution in [0.25, 0.3) is 99.0 Å². The number of hydrogen-bond acceptors (Lipinski definition) is 2. The molecule has 3 aromatic heterocycles. The fraction of sp³-hybridized carbons (Fsp3) is 0.0385. The Hall–Kier alpha value is -8.07. The van der Waals surface area contributed by atoms with Crippen molar-refractivity contribution in [3.05, 3.63) is 179 Å². The monoisotopic (exact) mass is 779 g/mol. The number of aromatic nitrogens is 3. The van der Waals surface area contributed by atoms with Gasteiger partial charge < -0.3 is 14.1 Å². The maximum absolute atomic E-state index is 14.0. The Morgan fingerprint density at radius 1 is 0.517 bits per heavy atom. The summed E-state index contributed by atoms with van der Waals surface area (Å²) in [5.74, 6) is 0. The molecule has 11 aromatic rings. The summed E-state index contributed by atoms with van der Waals surface area (Å²) in [7, 11) is 0. The molecule has 0 radical (unpaired) electrons. The molecule has 0 aliphatic heterocycles. The summed E-state index contributed by atoms with van der Waals surface area (Å²) in [5.41, 5.74) is 11.5. The van der Waals surface area contributed by atoms with E-state index in [-0.39, 0.29) is 5.56 Å². The molecule has 8 aromatic carbocycles. The number of rotatable bonds is 3. The highest BCUT2D eigenvalue weighted by Crippen LogP contribution is 2.48. The van der Waals surface area contributed by atoms with Gasteiger partial charge in [0.15, 0.2) is 0 Å². The number of benzene rings is 8. The van der Waals surface area contributed by atoms with Gasteiger partial charge >= 0.3 is 6.18 Å². The van der Waals surface area contributed by atoms with Gasteiger partial charge in [-0.3, -0.25) is 0 Å². The molecule has 1 aliphatic carbocycles. The highest BCUT2D eigenvalue weighted by Gasteiger charge is 2.32. The van der Waals surface area contributed by atoms with E-state index in [0.717, 1.165) is 89.5 Å². The van der Waals surface area contributed by atoms with Gasteiger partial charge in [0.05, 0.1) is 50.6 Å². The quantitative estimate of drug-likeness (QED) is 0.194. The Bertz CT molecular complexity index is 3770. The van der Waals surface area contributed by atoms with E-state index in [4.69, 9.17) is 0 Å². The minimum Gasteiger partial charge on any atom is -0.354 e. The van der Waals surface area contributed by atoms with E-state index in [0.29, 0.717) is 28.1 Å². The van der Waals surface area contributed by atoms with Gasteiger partial charge in [-0.15, -0.1) is 0 Å². The number of halogens is 3. The number of nitrogens with one attached hydrogen (secondary N) is 1. The smallest absolute Gasteiger partial charge is 0.354 e. The third-order valence-corrected chi connectivity index (χ3v) is 12.4. The molecule has 0 bridgehead atoms. The predicted molar refractivity (Wildman–Crippen MR) is 233 cm³/mol. The highest BCUT2D eigenvalue weighted by atomic mass is 19.4. The first-order valence-corrected chi connectivity index (χ1v) is 19.6. The van der Waals surface area contributed by atoms with E-state index in [1.54, 1.807) is 0 Å². The average Bonchev–Trinajstić information content (AvgIpc) is 4.02.